The van der Waals surface area contributed by atoms with Gasteiger partial charge in [-0.05, 0) is 35.2 Å². The summed E-state index contributed by atoms with van der Waals surface area (Å²) in [6.45, 7) is 14.0. The summed E-state index contributed by atoms with van der Waals surface area (Å²) in [7, 11) is 0. The van der Waals surface area contributed by atoms with Crippen LogP contribution in [0.3, 0.4) is 0 Å². The summed E-state index contributed by atoms with van der Waals surface area (Å²) in [5.74, 6) is 1.66. The molecule has 0 aliphatic carbocycles. The lowest BCUT2D eigenvalue weighted by Gasteiger charge is -2.40. The molecule has 0 aromatic heterocycles. The maximum Gasteiger partial charge on any atom is -0.0131 e. The molecule has 0 amide bonds. The number of benzene rings is 1. The zero-order chi connectivity index (χ0) is 13.1. The fourth-order valence-electron chi connectivity index (χ4n) is 2.79. The van der Waals surface area contributed by atoms with Gasteiger partial charge < -0.3 is 0 Å². The molecule has 95 valence electrons. The van der Waals surface area contributed by atoms with Crippen LogP contribution in [0.25, 0.3) is 0 Å². The summed E-state index contributed by atoms with van der Waals surface area (Å²) in [4.78, 5) is 0. The molecule has 0 N–H and O–H groups in total. The Morgan fingerprint density at radius 3 is 1.71 bits per heavy atom. The zero-order valence-corrected chi connectivity index (χ0v) is 12.3. The third-order valence-corrected chi connectivity index (χ3v) is 3.32. The molecule has 1 aromatic rings. The molecule has 0 unspecified atom stereocenters. The standard InChI is InChI=1S/C17H27/c1-16(2,3)15(17(4,5)6)13-12-14-10-8-7-9-11-14/h7-11H,12-13H2,1-6H3. The molecular formula is C17H27. The van der Waals surface area contributed by atoms with E-state index >= 15 is 0 Å². The van der Waals surface area contributed by atoms with Crippen LogP contribution in [0, 0.1) is 16.7 Å². The van der Waals surface area contributed by atoms with Gasteiger partial charge in [-0.15, -0.1) is 0 Å². The SMILES string of the molecule is CC(C)(C)[C](CCc1ccccc1)C(C)(C)C. The topological polar surface area (TPSA) is 0 Å². The number of rotatable bonds is 3. The lowest BCUT2D eigenvalue weighted by molar-refractivity contribution is 0.262. The van der Waals surface area contributed by atoms with E-state index in [1.807, 2.05) is 0 Å². The van der Waals surface area contributed by atoms with Gasteiger partial charge in [0.1, 0.15) is 0 Å². The lowest BCUT2D eigenvalue weighted by Crippen LogP contribution is -2.30. The van der Waals surface area contributed by atoms with Crippen molar-refractivity contribution in [2.24, 2.45) is 10.8 Å². The van der Waals surface area contributed by atoms with Crippen molar-refractivity contribution in [3.8, 4) is 0 Å². The molecule has 0 saturated carbocycles. The first-order valence-corrected chi connectivity index (χ1v) is 6.62. The highest BCUT2D eigenvalue weighted by atomic mass is 14.4. The van der Waals surface area contributed by atoms with Gasteiger partial charge in [-0.2, -0.15) is 0 Å². The molecule has 0 heteroatoms. The molecular weight excluding hydrogens is 204 g/mol. The number of hydrogen-bond donors (Lipinski definition) is 0. The Balaban J connectivity index is 2.70. The van der Waals surface area contributed by atoms with Gasteiger partial charge >= 0.3 is 0 Å². The normalized spacial score (nSPS) is 13.1. The van der Waals surface area contributed by atoms with Crippen molar-refractivity contribution in [2.45, 2.75) is 54.4 Å². The Bertz CT molecular complexity index is 307. The van der Waals surface area contributed by atoms with Gasteiger partial charge in [0.25, 0.3) is 0 Å². The van der Waals surface area contributed by atoms with Crippen LogP contribution < -0.4 is 0 Å². The first-order valence-electron chi connectivity index (χ1n) is 6.62. The molecule has 0 fully saturated rings. The van der Waals surface area contributed by atoms with Crippen LogP contribution in [0.4, 0.5) is 0 Å². The molecule has 17 heavy (non-hydrogen) atoms. The van der Waals surface area contributed by atoms with Crippen LogP contribution in [-0.4, -0.2) is 0 Å². The van der Waals surface area contributed by atoms with Gasteiger partial charge in [-0.3, -0.25) is 0 Å². The minimum atomic E-state index is 0.299. The average molecular weight is 231 g/mol. The maximum atomic E-state index is 2.33. The third-order valence-electron chi connectivity index (χ3n) is 3.32. The lowest BCUT2D eigenvalue weighted by atomic mass is 9.64. The van der Waals surface area contributed by atoms with Crippen molar-refractivity contribution in [1.82, 2.24) is 0 Å². The first-order chi connectivity index (χ1) is 7.71. The van der Waals surface area contributed by atoms with E-state index in [9.17, 15) is 0 Å². The quantitative estimate of drug-likeness (QED) is 0.663. The molecule has 1 aromatic carbocycles. The minimum Gasteiger partial charge on any atom is -0.0622 e. The maximum absolute atomic E-state index is 2.33. The average Bonchev–Trinajstić information content (AvgIpc) is 2.15. The molecule has 0 bridgehead atoms. The van der Waals surface area contributed by atoms with Gasteiger partial charge in [0, 0.05) is 0 Å². The summed E-state index contributed by atoms with van der Waals surface area (Å²) < 4.78 is 0. The monoisotopic (exact) mass is 231 g/mol. The highest BCUT2D eigenvalue weighted by Gasteiger charge is 2.34. The predicted octanol–water partition coefficient (Wildman–Crippen LogP) is 5.29. The summed E-state index contributed by atoms with van der Waals surface area (Å²) in [6, 6.07) is 10.8. The van der Waals surface area contributed by atoms with Crippen LogP contribution in [0.2, 0.25) is 0 Å². The minimum absolute atomic E-state index is 0.299. The third kappa shape index (κ3) is 4.53. The van der Waals surface area contributed by atoms with Crippen molar-refractivity contribution in [1.29, 1.82) is 0 Å². The van der Waals surface area contributed by atoms with Crippen LogP contribution in [-0.2, 0) is 6.42 Å². The van der Waals surface area contributed by atoms with E-state index in [1.165, 1.54) is 12.0 Å². The van der Waals surface area contributed by atoms with E-state index in [0.717, 1.165) is 6.42 Å². The van der Waals surface area contributed by atoms with Gasteiger partial charge in [-0.1, -0.05) is 71.9 Å². The molecule has 0 atom stereocenters. The molecule has 1 rings (SSSR count). The summed E-state index contributed by atoms with van der Waals surface area (Å²) in [6.07, 6.45) is 2.35. The molecule has 1 radical (unpaired) electrons. The van der Waals surface area contributed by atoms with Crippen molar-refractivity contribution in [3.05, 3.63) is 41.8 Å². The Morgan fingerprint density at radius 2 is 1.29 bits per heavy atom. The number of aryl methyl sites for hydroxylation is 1. The van der Waals surface area contributed by atoms with Gasteiger partial charge in [-0.25, -0.2) is 0 Å². The Labute approximate surface area is 107 Å². The molecule has 0 saturated heterocycles. The predicted molar refractivity (Wildman–Crippen MR) is 76.9 cm³/mol. The second-order valence-corrected chi connectivity index (χ2v) is 6.96. The smallest absolute Gasteiger partial charge is 0.0131 e. The van der Waals surface area contributed by atoms with E-state index in [-0.39, 0.29) is 0 Å². The van der Waals surface area contributed by atoms with Crippen LogP contribution in [0.1, 0.15) is 53.5 Å². The van der Waals surface area contributed by atoms with Crippen molar-refractivity contribution < 1.29 is 0 Å². The van der Waals surface area contributed by atoms with Crippen molar-refractivity contribution in [2.75, 3.05) is 0 Å². The zero-order valence-electron chi connectivity index (χ0n) is 12.3. The van der Waals surface area contributed by atoms with Crippen molar-refractivity contribution in [3.63, 3.8) is 0 Å². The van der Waals surface area contributed by atoms with E-state index in [1.54, 1.807) is 5.92 Å². The van der Waals surface area contributed by atoms with Crippen molar-refractivity contribution >= 4 is 0 Å². The summed E-state index contributed by atoms with van der Waals surface area (Å²) in [5, 5.41) is 0. The van der Waals surface area contributed by atoms with E-state index < -0.39 is 0 Å². The second-order valence-electron chi connectivity index (χ2n) is 6.96. The summed E-state index contributed by atoms with van der Waals surface area (Å²) >= 11 is 0. The Hall–Kier alpha value is -0.780. The number of hydrogen-bond acceptors (Lipinski definition) is 0. The van der Waals surface area contributed by atoms with Crippen LogP contribution in [0.5, 0.6) is 0 Å². The highest BCUT2D eigenvalue weighted by Crippen LogP contribution is 2.44. The highest BCUT2D eigenvalue weighted by molar-refractivity contribution is 5.18. The van der Waals surface area contributed by atoms with E-state index in [2.05, 4.69) is 71.9 Å². The largest absolute Gasteiger partial charge is 0.0622 e. The van der Waals surface area contributed by atoms with Gasteiger partial charge in [0.2, 0.25) is 0 Å². The van der Waals surface area contributed by atoms with Gasteiger partial charge in [0.05, 0.1) is 0 Å². The molecule has 0 heterocycles. The fraction of sp³-hybridized carbons (Fsp3) is 0.588. The Kier molecular flexibility index (Phi) is 4.41. The van der Waals surface area contributed by atoms with Crippen LogP contribution in [0.15, 0.2) is 30.3 Å². The molecule has 0 aliphatic rings. The molecule has 0 aliphatic heterocycles. The second kappa shape index (κ2) is 5.25. The van der Waals surface area contributed by atoms with E-state index in [4.69, 9.17) is 0 Å². The van der Waals surface area contributed by atoms with Gasteiger partial charge in [0.15, 0.2) is 0 Å². The Morgan fingerprint density at radius 1 is 0.824 bits per heavy atom. The molecule has 0 nitrogen and oxygen atoms in total. The summed E-state index contributed by atoms with van der Waals surface area (Å²) in [5.41, 5.74) is 2.04. The van der Waals surface area contributed by atoms with Crippen LogP contribution >= 0.6 is 0 Å². The first kappa shape index (κ1) is 14.3. The molecule has 0 spiro atoms. The fourth-order valence-corrected chi connectivity index (χ4v) is 2.79. The van der Waals surface area contributed by atoms with E-state index in [0.29, 0.717) is 10.8 Å².